The summed E-state index contributed by atoms with van der Waals surface area (Å²) in [5.74, 6) is 0.159. The molecule has 1 heterocycles. The van der Waals surface area contributed by atoms with Gasteiger partial charge in [0.1, 0.15) is 6.10 Å². The van der Waals surface area contributed by atoms with Crippen molar-refractivity contribution in [3.8, 4) is 0 Å². The summed E-state index contributed by atoms with van der Waals surface area (Å²) in [6.45, 7) is 0. The fourth-order valence-corrected chi connectivity index (χ4v) is 2.04. The number of hydrogen-bond acceptors (Lipinski definition) is 3. The molecule has 0 amide bonds. The largest absolute Gasteiger partial charge is 0.459 e. The van der Waals surface area contributed by atoms with E-state index in [-0.39, 0.29) is 12.1 Å². The van der Waals surface area contributed by atoms with Gasteiger partial charge in [-0.1, -0.05) is 6.42 Å². The monoisotopic (exact) mass is 156 g/mol. The summed E-state index contributed by atoms with van der Waals surface area (Å²) in [6.07, 6.45) is 2.78. The normalized spacial score (nSPS) is 43.4. The number of fused-ring (bicyclic) bond motifs is 1. The molecule has 2 aliphatic rings. The van der Waals surface area contributed by atoms with E-state index in [1.165, 1.54) is 0 Å². The summed E-state index contributed by atoms with van der Waals surface area (Å²) in [5.41, 5.74) is 0. The molecule has 0 bridgehead atoms. The summed E-state index contributed by atoms with van der Waals surface area (Å²) in [5, 5.41) is 9.42. The van der Waals surface area contributed by atoms with Gasteiger partial charge in [-0.2, -0.15) is 0 Å². The predicted molar refractivity (Wildman–Crippen MR) is 37.8 cm³/mol. The van der Waals surface area contributed by atoms with Gasteiger partial charge in [0.2, 0.25) is 0 Å². The molecule has 1 aliphatic heterocycles. The molecule has 2 fully saturated rings. The van der Waals surface area contributed by atoms with Crippen molar-refractivity contribution in [2.45, 2.75) is 37.9 Å². The molecule has 1 aliphatic carbocycles. The highest BCUT2D eigenvalue weighted by molar-refractivity contribution is 5.72. The maximum Gasteiger partial charge on any atom is 0.306 e. The number of rotatable bonds is 0. The average Bonchev–Trinajstić information content (AvgIpc) is 2.31. The second-order valence-electron chi connectivity index (χ2n) is 3.42. The van der Waals surface area contributed by atoms with Crippen LogP contribution in [0.4, 0.5) is 0 Å². The quantitative estimate of drug-likeness (QED) is 0.518. The van der Waals surface area contributed by atoms with Crippen molar-refractivity contribution >= 4 is 5.97 Å². The van der Waals surface area contributed by atoms with Crippen LogP contribution in [-0.4, -0.2) is 23.3 Å². The van der Waals surface area contributed by atoms with Crippen LogP contribution < -0.4 is 0 Å². The zero-order valence-corrected chi connectivity index (χ0v) is 6.32. The standard InChI is InChI=1S/C8H12O3/c9-6-3-1-2-5-4-7(10)11-8(5)6/h5-6,8-9H,1-4H2/t5-,6+,8-/m1/s1. The number of aliphatic hydroxyl groups is 1. The lowest BCUT2D eigenvalue weighted by Gasteiger charge is -2.27. The summed E-state index contributed by atoms with van der Waals surface area (Å²) in [7, 11) is 0. The van der Waals surface area contributed by atoms with Gasteiger partial charge in [-0.15, -0.1) is 0 Å². The van der Waals surface area contributed by atoms with Crippen LogP contribution >= 0.6 is 0 Å². The van der Waals surface area contributed by atoms with E-state index in [2.05, 4.69) is 0 Å². The Morgan fingerprint density at radius 3 is 3.00 bits per heavy atom. The van der Waals surface area contributed by atoms with Crippen molar-refractivity contribution in [3.05, 3.63) is 0 Å². The molecular formula is C8H12O3. The van der Waals surface area contributed by atoms with Gasteiger partial charge >= 0.3 is 5.97 Å². The van der Waals surface area contributed by atoms with Crippen LogP contribution in [-0.2, 0) is 9.53 Å². The molecule has 62 valence electrons. The molecule has 1 saturated carbocycles. The third-order valence-corrected chi connectivity index (χ3v) is 2.62. The number of hydrogen-bond donors (Lipinski definition) is 1. The van der Waals surface area contributed by atoms with Crippen LogP contribution in [0.1, 0.15) is 25.7 Å². The van der Waals surface area contributed by atoms with Crippen molar-refractivity contribution in [1.29, 1.82) is 0 Å². The molecule has 0 aromatic rings. The number of carbonyl (C=O) groups excluding carboxylic acids is 1. The zero-order chi connectivity index (χ0) is 7.84. The van der Waals surface area contributed by atoms with Crippen LogP contribution in [0.15, 0.2) is 0 Å². The van der Waals surface area contributed by atoms with E-state index < -0.39 is 6.10 Å². The zero-order valence-electron chi connectivity index (χ0n) is 6.32. The fourth-order valence-electron chi connectivity index (χ4n) is 2.04. The molecule has 1 N–H and O–H groups in total. The molecule has 1 saturated heterocycles. The summed E-state index contributed by atoms with van der Waals surface area (Å²) >= 11 is 0. The molecule has 3 atom stereocenters. The number of esters is 1. The lowest BCUT2D eigenvalue weighted by Crippen LogP contribution is -2.34. The lowest BCUT2D eigenvalue weighted by atomic mass is 9.84. The molecule has 0 spiro atoms. The van der Waals surface area contributed by atoms with Gasteiger partial charge in [0.25, 0.3) is 0 Å². The smallest absolute Gasteiger partial charge is 0.306 e. The molecule has 0 unspecified atom stereocenters. The minimum atomic E-state index is -0.403. The number of carbonyl (C=O) groups is 1. The van der Waals surface area contributed by atoms with Crippen LogP contribution in [0.3, 0.4) is 0 Å². The summed E-state index contributed by atoms with van der Waals surface area (Å²) in [6, 6.07) is 0. The van der Waals surface area contributed by atoms with Gasteiger partial charge in [0.05, 0.1) is 12.5 Å². The van der Waals surface area contributed by atoms with Crippen molar-refractivity contribution in [2.75, 3.05) is 0 Å². The Morgan fingerprint density at radius 1 is 1.45 bits per heavy atom. The predicted octanol–water partition coefficient (Wildman–Crippen LogP) is 0.463. The highest BCUT2D eigenvalue weighted by Gasteiger charge is 2.41. The molecule has 3 heteroatoms. The van der Waals surface area contributed by atoms with E-state index >= 15 is 0 Å². The van der Waals surface area contributed by atoms with E-state index in [0.29, 0.717) is 12.3 Å². The lowest BCUT2D eigenvalue weighted by molar-refractivity contribution is -0.146. The summed E-state index contributed by atoms with van der Waals surface area (Å²) < 4.78 is 4.99. The Kier molecular flexibility index (Phi) is 1.60. The summed E-state index contributed by atoms with van der Waals surface area (Å²) in [4.78, 5) is 10.8. The highest BCUT2D eigenvalue weighted by Crippen LogP contribution is 2.34. The van der Waals surface area contributed by atoms with Gasteiger partial charge in [0.15, 0.2) is 0 Å². The van der Waals surface area contributed by atoms with Gasteiger partial charge in [0, 0.05) is 5.92 Å². The molecule has 0 radical (unpaired) electrons. The Bertz CT molecular complexity index is 178. The average molecular weight is 156 g/mol. The SMILES string of the molecule is O=C1C[C@H]2CCC[C@H](O)[C@@H]2O1. The van der Waals surface area contributed by atoms with Gasteiger partial charge in [-0.3, -0.25) is 4.79 Å². The molecule has 0 aromatic heterocycles. The van der Waals surface area contributed by atoms with Crippen LogP contribution in [0, 0.1) is 5.92 Å². The molecule has 11 heavy (non-hydrogen) atoms. The topological polar surface area (TPSA) is 46.5 Å². The van der Waals surface area contributed by atoms with E-state index in [1.54, 1.807) is 0 Å². The third-order valence-electron chi connectivity index (χ3n) is 2.62. The Labute approximate surface area is 65.4 Å². The van der Waals surface area contributed by atoms with Crippen LogP contribution in [0.2, 0.25) is 0 Å². The maximum atomic E-state index is 10.8. The minimum Gasteiger partial charge on any atom is -0.459 e. The van der Waals surface area contributed by atoms with E-state index in [4.69, 9.17) is 4.74 Å². The second-order valence-corrected chi connectivity index (χ2v) is 3.42. The van der Waals surface area contributed by atoms with Crippen molar-refractivity contribution in [1.82, 2.24) is 0 Å². The molecule has 3 nitrogen and oxygen atoms in total. The van der Waals surface area contributed by atoms with Crippen molar-refractivity contribution < 1.29 is 14.6 Å². The van der Waals surface area contributed by atoms with Gasteiger partial charge in [-0.25, -0.2) is 0 Å². The van der Waals surface area contributed by atoms with Crippen LogP contribution in [0.25, 0.3) is 0 Å². The molecular weight excluding hydrogens is 144 g/mol. The first kappa shape index (κ1) is 7.10. The fraction of sp³-hybridized carbons (Fsp3) is 0.875. The number of ether oxygens (including phenoxy) is 1. The number of aliphatic hydroxyl groups excluding tert-OH is 1. The Balaban J connectivity index is 2.09. The third kappa shape index (κ3) is 1.13. The first-order valence-electron chi connectivity index (χ1n) is 4.15. The van der Waals surface area contributed by atoms with Crippen LogP contribution in [0.5, 0.6) is 0 Å². The Hall–Kier alpha value is -0.570. The Morgan fingerprint density at radius 2 is 2.27 bits per heavy atom. The van der Waals surface area contributed by atoms with E-state index in [9.17, 15) is 9.90 Å². The van der Waals surface area contributed by atoms with Crippen molar-refractivity contribution in [3.63, 3.8) is 0 Å². The highest BCUT2D eigenvalue weighted by atomic mass is 16.6. The van der Waals surface area contributed by atoms with E-state index in [0.717, 1.165) is 19.3 Å². The maximum absolute atomic E-state index is 10.8. The van der Waals surface area contributed by atoms with Crippen molar-refractivity contribution in [2.24, 2.45) is 5.92 Å². The van der Waals surface area contributed by atoms with Gasteiger partial charge in [-0.05, 0) is 12.8 Å². The molecule has 2 rings (SSSR count). The molecule has 0 aromatic carbocycles. The van der Waals surface area contributed by atoms with E-state index in [1.807, 2.05) is 0 Å². The minimum absolute atomic E-state index is 0.138. The second kappa shape index (κ2) is 2.48. The first-order chi connectivity index (χ1) is 5.27. The first-order valence-corrected chi connectivity index (χ1v) is 4.15. The van der Waals surface area contributed by atoms with Gasteiger partial charge < -0.3 is 9.84 Å².